The molecule has 1 heterocycles. The molecule has 16 heavy (non-hydrogen) atoms. The van der Waals surface area contributed by atoms with Gasteiger partial charge in [0.15, 0.2) is 0 Å². The minimum Gasteiger partial charge on any atom is -0.200 e. The van der Waals surface area contributed by atoms with Crippen LogP contribution < -0.4 is 9.44 Å². The van der Waals surface area contributed by atoms with E-state index in [1.54, 1.807) is 13.8 Å². The summed E-state index contributed by atoms with van der Waals surface area (Å²) >= 11 is 4.86. The minimum atomic E-state index is -3.43. The normalized spacial score (nSPS) is 14.3. The van der Waals surface area contributed by atoms with E-state index in [2.05, 4.69) is 25.4 Å². The molecule has 1 atom stereocenters. The van der Waals surface area contributed by atoms with Crippen LogP contribution >= 0.6 is 27.3 Å². The number of nitrogens with one attached hydrogen (secondary N) is 2. The van der Waals surface area contributed by atoms with E-state index in [-0.39, 0.29) is 12.1 Å². The summed E-state index contributed by atoms with van der Waals surface area (Å²) in [5.41, 5.74) is 0. The van der Waals surface area contributed by atoms with Crippen LogP contribution in [-0.4, -0.2) is 14.5 Å². The Morgan fingerprint density at radius 1 is 1.25 bits per heavy atom. The SMILES string of the molecule is CC(C)NS(=O)(=O)N[C@H](C)c1ccc(Br)s1. The van der Waals surface area contributed by atoms with Crippen LogP contribution in [0.15, 0.2) is 15.9 Å². The van der Waals surface area contributed by atoms with Gasteiger partial charge in [-0.3, -0.25) is 0 Å². The summed E-state index contributed by atoms with van der Waals surface area (Å²) in [5.74, 6) is 0. The molecule has 4 nitrogen and oxygen atoms in total. The third kappa shape index (κ3) is 4.50. The predicted octanol–water partition coefficient (Wildman–Crippen LogP) is 2.40. The van der Waals surface area contributed by atoms with Crippen molar-refractivity contribution in [1.29, 1.82) is 0 Å². The van der Waals surface area contributed by atoms with E-state index in [1.165, 1.54) is 11.3 Å². The molecule has 0 aliphatic rings. The molecule has 7 heteroatoms. The van der Waals surface area contributed by atoms with Crippen LogP contribution in [0.25, 0.3) is 0 Å². The largest absolute Gasteiger partial charge is 0.277 e. The van der Waals surface area contributed by atoms with Gasteiger partial charge in [-0.15, -0.1) is 11.3 Å². The molecule has 1 aromatic rings. The molecule has 92 valence electrons. The standard InChI is InChI=1S/C9H15BrN2O2S2/c1-6(2)11-16(13,14)12-7(3)8-4-5-9(10)15-8/h4-7,11-12H,1-3H3/t7-/m1/s1. The maximum atomic E-state index is 11.6. The molecular formula is C9H15BrN2O2S2. The summed E-state index contributed by atoms with van der Waals surface area (Å²) in [4.78, 5) is 0.973. The molecule has 0 radical (unpaired) electrons. The fourth-order valence-corrected chi connectivity index (χ4v) is 3.98. The first kappa shape index (κ1) is 14.1. The van der Waals surface area contributed by atoms with Crippen molar-refractivity contribution in [2.45, 2.75) is 32.9 Å². The van der Waals surface area contributed by atoms with E-state index in [1.807, 2.05) is 19.1 Å². The predicted molar refractivity (Wildman–Crippen MR) is 70.8 cm³/mol. The van der Waals surface area contributed by atoms with Crippen molar-refractivity contribution in [3.63, 3.8) is 0 Å². The first-order valence-corrected chi connectivity index (χ1v) is 7.94. The summed E-state index contributed by atoms with van der Waals surface area (Å²) in [7, 11) is -3.43. The van der Waals surface area contributed by atoms with Gasteiger partial charge >= 0.3 is 0 Å². The fourth-order valence-electron chi connectivity index (χ4n) is 1.20. The van der Waals surface area contributed by atoms with Crippen molar-refractivity contribution in [3.8, 4) is 0 Å². The van der Waals surface area contributed by atoms with E-state index >= 15 is 0 Å². The highest BCUT2D eigenvalue weighted by Crippen LogP contribution is 2.27. The molecule has 0 bridgehead atoms. The first-order chi connectivity index (χ1) is 7.30. The second-order valence-electron chi connectivity index (χ2n) is 3.76. The highest BCUT2D eigenvalue weighted by Gasteiger charge is 2.17. The smallest absolute Gasteiger partial charge is 0.200 e. The van der Waals surface area contributed by atoms with Gasteiger partial charge in [-0.2, -0.15) is 17.9 Å². The second-order valence-corrected chi connectivity index (χ2v) is 7.73. The highest BCUT2D eigenvalue weighted by atomic mass is 79.9. The van der Waals surface area contributed by atoms with E-state index < -0.39 is 10.2 Å². The lowest BCUT2D eigenvalue weighted by Gasteiger charge is -2.15. The molecule has 0 saturated heterocycles. The van der Waals surface area contributed by atoms with Gasteiger partial charge in [0.25, 0.3) is 10.2 Å². The van der Waals surface area contributed by atoms with Crippen LogP contribution in [0.5, 0.6) is 0 Å². The van der Waals surface area contributed by atoms with Crippen molar-refractivity contribution in [2.24, 2.45) is 0 Å². The lowest BCUT2D eigenvalue weighted by atomic mass is 10.3. The van der Waals surface area contributed by atoms with Gasteiger partial charge < -0.3 is 0 Å². The zero-order valence-electron chi connectivity index (χ0n) is 9.32. The summed E-state index contributed by atoms with van der Waals surface area (Å²) in [5, 5.41) is 0. The molecule has 0 aliphatic carbocycles. The monoisotopic (exact) mass is 326 g/mol. The topological polar surface area (TPSA) is 58.2 Å². The van der Waals surface area contributed by atoms with Gasteiger partial charge in [-0.05, 0) is 48.8 Å². The number of thiophene rings is 1. The maximum absolute atomic E-state index is 11.6. The van der Waals surface area contributed by atoms with Crippen LogP contribution in [0.2, 0.25) is 0 Å². The van der Waals surface area contributed by atoms with Gasteiger partial charge in [0, 0.05) is 10.9 Å². The van der Waals surface area contributed by atoms with Crippen molar-refractivity contribution in [2.75, 3.05) is 0 Å². The molecule has 0 aliphatic heterocycles. The van der Waals surface area contributed by atoms with Crippen LogP contribution in [-0.2, 0) is 10.2 Å². The Kier molecular flexibility index (Phi) is 4.93. The highest BCUT2D eigenvalue weighted by molar-refractivity contribution is 9.11. The third-order valence-electron chi connectivity index (χ3n) is 1.74. The zero-order valence-corrected chi connectivity index (χ0v) is 12.5. The van der Waals surface area contributed by atoms with E-state index in [4.69, 9.17) is 0 Å². The Morgan fingerprint density at radius 3 is 2.31 bits per heavy atom. The maximum Gasteiger partial charge on any atom is 0.277 e. The number of hydrogen-bond acceptors (Lipinski definition) is 3. The Balaban J connectivity index is 2.67. The molecular weight excluding hydrogens is 312 g/mol. The Hall–Kier alpha value is 0.0500. The van der Waals surface area contributed by atoms with Gasteiger partial charge in [-0.25, -0.2) is 0 Å². The lowest BCUT2D eigenvalue weighted by molar-refractivity contribution is 0.543. The van der Waals surface area contributed by atoms with Crippen molar-refractivity contribution in [3.05, 3.63) is 20.8 Å². The Labute approximate surface area is 109 Å². The summed E-state index contributed by atoms with van der Waals surface area (Å²) in [6.45, 7) is 5.38. The first-order valence-electron chi connectivity index (χ1n) is 4.85. The molecule has 0 unspecified atom stereocenters. The van der Waals surface area contributed by atoms with Gasteiger partial charge in [0.05, 0.1) is 9.83 Å². The zero-order chi connectivity index (χ0) is 12.3. The van der Waals surface area contributed by atoms with Gasteiger partial charge in [0.2, 0.25) is 0 Å². The van der Waals surface area contributed by atoms with E-state index in [9.17, 15) is 8.42 Å². The van der Waals surface area contributed by atoms with Crippen LogP contribution in [0.4, 0.5) is 0 Å². The summed E-state index contributed by atoms with van der Waals surface area (Å²) in [6.07, 6.45) is 0. The molecule has 0 amide bonds. The fraction of sp³-hybridized carbons (Fsp3) is 0.556. The molecule has 0 saturated carbocycles. The second kappa shape index (κ2) is 5.59. The van der Waals surface area contributed by atoms with E-state index in [0.717, 1.165) is 8.66 Å². The average molecular weight is 327 g/mol. The number of hydrogen-bond donors (Lipinski definition) is 2. The molecule has 0 spiro atoms. The number of halogens is 1. The molecule has 0 aromatic carbocycles. The minimum absolute atomic E-state index is 0.111. The number of rotatable bonds is 5. The molecule has 1 aromatic heterocycles. The van der Waals surface area contributed by atoms with Crippen molar-refractivity contribution < 1.29 is 8.42 Å². The van der Waals surface area contributed by atoms with E-state index in [0.29, 0.717) is 0 Å². The van der Waals surface area contributed by atoms with Gasteiger partial charge in [0.1, 0.15) is 0 Å². The Morgan fingerprint density at radius 2 is 1.88 bits per heavy atom. The Bertz CT molecular complexity index is 442. The summed E-state index contributed by atoms with van der Waals surface area (Å²) < 4.78 is 29.2. The van der Waals surface area contributed by atoms with Crippen LogP contribution in [0, 0.1) is 0 Å². The summed E-state index contributed by atoms with van der Waals surface area (Å²) in [6, 6.07) is 3.46. The lowest BCUT2D eigenvalue weighted by Crippen LogP contribution is -2.41. The van der Waals surface area contributed by atoms with Gasteiger partial charge in [-0.1, -0.05) is 0 Å². The van der Waals surface area contributed by atoms with Crippen molar-refractivity contribution >= 4 is 37.5 Å². The van der Waals surface area contributed by atoms with Crippen molar-refractivity contribution in [1.82, 2.24) is 9.44 Å². The molecule has 1 rings (SSSR count). The third-order valence-corrected chi connectivity index (χ3v) is 5.00. The quantitative estimate of drug-likeness (QED) is 0.872. The average Bonchev–Trinajstić information content (AvgIpc) is 2.47. The molecule has 2 N–H and O–H groups in total. The van der Waals surface area contributed by atoms with Crippen LogP contribution in [0.1, 0.15) is 31.7 Å². The molecule has 0 fully saturated rings. The van der Waals surface area contributed by atoms with Crippen LogP contribution in [0.3, 0.4) is 0 Å².